The Morgan fingerprint density at radius 2 is 2.00 bits per heavy atom. The third kappa shape index (κ3) is 2.38. The maximum atomic E-state index is 11.9. The highest BCUT2D eigenvalue weighted by Crippen LogP contribution is 2.26. The van der Waals surface area contributed by atoms with Crippen molar-refractivity contribution in [1.29, 1.82) is 0 Å². The molecule has 3 rings (SSSR count). The highest BCUT2D eigenvalue weighted by atomic mass is 32.1. The minimum Gasteiger partial charge on any atom is -0.312 e. The molecule has 1 saturated heterocycles. The van der Waals surface area contributed by atoms with Crippen molar-refractivity contribution in [3.8, 4) is 5.69 Å². The number of imidazole rings is 1. The van der Waals surface area contributed by atoms with Crippen molar-refractivity contribution >= 4 is 24.2 Å². The highest BCUT2D eigenvalue weighted by molar-refractivity contribution is 7.80. The predicted molar refractivity (Wildman–Crippen MR) is 77.9 cm³/mol. The van der Waals surface area contributed by atoms with E-state index in [-0.39, 0.29) is 5.91 Å². The first-order valence-electron chi connectivity index (χ1n) is 6.27. The summed E-state index contributed by atoms with van der Waals surface area (Å²) in [5.74, 6) is 1.31. The predicted octanol–water partition coefficient (Wildman–Crippen LogP) is 2.16. The first-order valence-corrected chi connectivity index (χ1v) is 6.91. The molecule has 0 N–H and O–H groups in total. The van der Waals surface area contributed by atoms with Crippen LogP contribution in [0, 0.1) is 5.92 Å². The minimum absolute atomic E-state index is 0.189. The van der Waals surface area contributed by atoms with Crippen LogP contribution in [0.2, 0.25) is 0 Å². The standard InChI is InChI=1S/C14H15N3OS/c18-14-7-11(9-19)8-17(14)13-3-1-12(2-4-13)16-6-5-15-10-16/h1-6,10-11,19H,7-9H2. The maximum Gasteiger partial charge on any atom is 0.227 e. The molecule has 0 spiro atoms. The number of rotatable bonds is 3. The van der Waals surface area contributed by atoms with Crippen molar-refractivity contribution in [2.24, 2.45) is 5.92 Å². The molecular weight excluding hydrogens is 258 g/mol. The molecule has 1 unspecified atom stereocenters. The Kier molecular flexibility index (Phi) is 3.29. The van der Waals surface area contributed by atoms with Crippen LogP contribution in [0.25, 0.3) is 5.69 Å². The van der Waals surface area contributed by atoms with Crippen LogP contribution in [-0.2, 0) is 4.79 Å². The summed E-state index contributed by atoms with van der Waals surface area (Å²) in [6, 6.07) is 7.96. The lowest BCUT2D eigenvalue weighted by atomic mass is 10.1. The van der Waals surface area contributed by atoms with Gasteiger partial charge in [-0.25, -0.2) is 4.98 Å². The van der Waals surface area contributed by atoms with Crippen LogP contribution in [0.1, 0.15) is 6.42 Å². The van der Waals surface area contributed by atoms with Crippen LogP contribution < -0.4 is 4.90 Å². The van der Waals surface area contributed by atoms with E-state index in [1.165, 1.54) is 0 Å². The van der Waals surface area contributed by atoms with E-state index in [0.29, 0.717) is 12.3 Å². The van der Waals surface area contributed by atoms with Crippen molar-refractivity contribution in [1.82, 2.24) is 9.55 Å². The van der Waals surface area contributed by atoms with Crippen LogP contribution >= 0.6 is 12.6 Å². The zero-order valence-electron chi connectivity index (χ0n) is 10.4. The fourth-order valence-corrected chi connectivity index (χ4v) is 2.61. The molecular formula is C14H15N3OS. The summed E-state index contributed by atoms with van der Waals surface area (Å²) >= 11 is 4.28. The molecule has 0 bridgehead atoms. The van der Waals surface area contributed by atoms with Gasteiger partial charge in [-0.15, -0.1) is 0 Å². The molecule has 2 heterocycles. The lowest BCUT2D eigenvalue weighted by Crippen LogP contribution is -2.24. The number of carbonyl (C=O) groups excluding carboxylic acids is 1. The molecule has 2 aromatic rings. The number of hydrogen-bond acceptors (Lipinski definition) is 3. The van der Waals surface area contributed by atoms with Gasteiger partial charge in [-0.2, -0.15) is 12.6 Å². The molecule has 4 nitrogen and oxygen atoms in total. The second-order valence-corrected chi connectivity index (χ2v) is 5.11. The Balaban J connectivity index is 1.81. The first kappa shape index (κ1) is 12.3. The van der Waals surface area contributed by atoms with Crippen molar-refractivity contribution in [3.05, 3.63) is 43.0 Å². The Morgan fingerprint density at radius 1 is 1.26 bits per heavy atom. The van der Waals surface area contributed by atoms with Gasteiger partial charge in [-0.05, 0) is 35.9 Å². The van der Waals surface area contributed by atoms with E-state index in [2.05, 4.69) is 17.6 Å². The molecule has 0 saturated carbocycles. The largest absolute Gasteiger partial charge is 0.312 e. The van der Waals surface area contributed by atoms with Gasteiger partial charge in [0.1, 0.15) is 0 Å². The number of aromatic nitrogens is 2. The average Bonchev–Trinajstić information content (AvgIpc) is 3.08. The molecule has 1 fully saturated rings. The molecule has 1 amide bonds. The molecule has 5 heteroatoms. The first-order chi connectivity index (χ1) is 9.28. The van der Waals surface area contributed by atoms with Crippen molar-refractivity contribution < 1.29 is 4.79 Å². The van der Waals surface area contributed by atoms with Gasteiger partial charge in [-0.3, -0.25) is 4.79 Å². The number of carbonyl (C=O) groups is 1. The number of thiol groups is 1. The topological polar surface area (TPSA) is 38.1 Å². The summed E-state index contributed by atoms with van der Waals surface area (Å²) in [5, 5.41) is 0. The fraction of sp³-hybridized carbons (Fsp3) is 0.286. The summed E-state index contributed by atoms with van der Waals surface area (Å²) in [4.78, 5) is 17.8. The normalized spacial score (nSPS) is 19.1. The van der Waals surface area contributed by atoms with Crippen molar-refractivity contribution in [2.45, 2.75) is 6.42 Å². The molecule has 1 aliphatic heterocycles. The lowest BCUT2D eigenvalue weighted by molar-refractivity contribution is -0.117. The highest BCUT2D eigenvalue weighted by Gasteiger charge is 2.29. The van der Waals surface area contributed by atoms with Crippen LogP contribution in [-0.4, -0.2) is 27.8 Å². The summed E-state index contributed by atoms with van der Waals surface area (Å²) in [6.45, 7) is 0.771. The van der Waals surface area contributed by atoms with E-state index in [1.807, 2.05) is 39.9 Å². The van der Waals surface area contributed by atoms with Gasteiger partial charge in [0.05, 0.1) is 6.33 Å². The molecule has 0 aliphatic carbocycles. The van der Waals surface area contributed by atoms with E-state index in [9.17, 15) is 4.79 Å². The number of anilines is 1. The van der Waals surface area contributed by atoms with E-state index in [0.717, 1.165) is 23.7 Å². The summed E-state index contributed by atoms with van der Waals surface area (Å²) in [5.41, 5.74) is 2.00. The van der Waals surface area contributed by atoms with E-state index < -0.39 is 0 Å². The quantitative estimate of drug-likeness (QED) is 0.870. The van der Waals surface area contributed by atoms with Crippen LogP contribution in [0.15, 0.2) is 43.0 Å². The number of nitrogens with zero attached hydrogens (tertiary/aromatic N) is 3. The molecule has 98 valence electrons. The molecule has 1 aliphatic rings. The Bertz CT molecular complexity index is 565. The molecule has 19 heavy (non-hydrogen) atoms. The minimum atomic E-state index is 0.189. The van der Waals surface area contributed by atoms with Gasteiger partial charge in [-0.1, -0.05) is 0 Å². The summed E-state index contributed by atoms with van der Waals surface area (Å²) in [6.07, 6.45) is 6.00. The van der Waals surface area contributed by atoms with E-state index >= 15 is 0 Å². The molecule has 1 aromatic carbocycles. The smallest absolute Gasteiger partial charge is 0.227 e. The van der Waals surface area contributed by atoms with Crippen molar-refractivity contribution in [3.63, 3.8) is 0 Å². The molecule has 0 radical (unpaired) electrons. The van der Waals surface area contributed by atoms with Crippen molar-refractivity contribution in [2.75, 3.05) is 17.2 Å². The van der Waals surface area contributed by atoms with Crippen LogP contribution in [0.3, 0.4) is 0 Å². The zero-order valence-corrected chi connectivity index (χ0v) is 11.3. The number of benzene rings is 1. The van der Waals surface area contributed by atoms with Gasteiger partial charge in [0, 0.05) is 36.7 Å². The molecule has 1 atom stereocenters. The molecule has 1 aromatic heterocycles. The van der Waals surface area contributed by atoms with Gasteiger partial charge in [0.2, 0.25) is 5.91 Å². The maximum absolute atomic E-state index is 11.9. The third-order valence-electron chi connectivity index (χ3n) is 3.43. The van der Waals surface area contributed by atoms with E-state index in [1.54, 1.807) is 12.5 Å². The van der Waals surface area contributed by atoms with Gasteiger partial charge in [0.25, 0.3) is 0 Å². The van der Waals surface area contributed by atoms with E-state index in [4.69, 9.17) is 0 Å². The monoisotopic (exact) mass is 273 g/mol. The second kappa shape index (κ2) is 5.09. The number of amides is 1. The van der Waals surface area contributed by atoms with Crippen LogP contribution in [0.5, 0.6) is 0 Å². The average molecular weight is 273 g/mol. The second-order valence-electron chi connectivity index (χ2n) is 4.74. The zero-order chi connectivity index (χ0) is 13.2. The Labute approximate surface area is 117 Å². The summed E-state index contributed by atoms with van der Waals surface area (Å²) in [7, 11) is 0. The fourth-order valence-electron chi connectivity index (χ4n) is 2.37. The third-order valence-corrected chi connectivity index (χ3v) is 3.94. The Morgan fingerprint density at radius 3 is 2.58 bits per heavy atom. The Hall–Kier alpha value is -1.75. The van der Waals surface area contributed by atoms with Gasteiger partial charge in [0.15, 0.2) is 0 Å². The SMILES string of the molecule is O=C1CC(CS)CN1c1ccc(-n2ccnc2)cc1. The van der Waals surface area contributed by atoms with Gasteiger partial charge >= 0.3 is 0 Å². The van der Waals surface area contributed by atoms with Crippen LogP contribution in [0.4, 0.5) is 5.69 Å². The number of hydrogen-bond donors (Lipinski definition) is 1. The lowest BCUT2D eigenvalue weighted by Gasteiger charge is -2.17. The summed E-state index contributed by atoms with van der Waals surface area (Å²) < 4.78 is 1.94. The van der Waals surface area contributed by atoms with Gasteiger partial charge < -0.3 is 9.47 Å².